The van der Waals surface area contributed by atoms with Crippen LogP contribution in [0.2, 0.25) is 5.02 Å². The molecular weight excluding hydrogens is 316 g/mol. The van der Waals surface area contributed by atoms with Crippen LogP contribution >= 0.6 is 11.6 Å². The van der Waals surface area contributed by atoms with Crippen LogP contribution in [0.15, 0.2) is 22.1 Å². The molecule has 0 fully saturated rings. The Hall–Kier alpha value is -1.60. The Labute approximate surface area is 129 Å². The minimum absolute atomic E-state index is 0.00183. The summed E-state index contributed by atoms with van der Waals surface area (Å²) in [6.07, 6.45) is 2.37. The SMILES string of the molecule is CCOC(=O)c1ccc(S(C)(=O)=O)c(C=NN(C)C)c1Cl. The Morgan fingerprint density at radius 2 is 2.05 bits per heavy atom. The van der Waals surface area contributed by atoms with Gasteiger partial charge in [0, 0.05) is 25.9 Å². The zero-order valence-corrected chi connectivity index (χ0v) is 13.8. The second-order valence-electron chi connectivity index (χ2n) is 4.42. The highest BCUT2D eigenvalue weighted by molar-refractivity contribution is 7.90. The number of carbonyl (C=O) groups excluding carboxylic acids is 1. The van der Waals surface area contributed by atoms with Crippen molar-refractivity contribution in [3.63, 3.8) is 0 Å². The highest BCUT2D eigenvalue weighted by Crippen LogP contribution is 2.27. The van der Waals surface area contributed by atoms with E-state index in [1.165, 1.54) is 23.4 Å². The summed E-state index contributed by atoms with van der Waals surface area (Å²) in [5.41, 5.74) is 0.268. The summed E-state index contributed by atoms with van der Waals surface area (Å²) in [5, 5.41) is 5.47. The number of nitrogens with zero attached hydrogens (tertiary/aromatic N) is 2. The molecule has 0 amide bonds. The van der Waals surface area contributed by atoms with E-state index in [-0.39, 0.29) is 27.7 Å². The average Bonchev–Trinajstić information content (AvgIpc) is 2.35. The fourth-order valence-electron chi connectivity index (χ4n) is 1.56. The molecule has 0 radical (unpaired) electrons. The molecule has 0 aromatic heterocycles. The molecule has 0 aliphatic heterocycles. The standard InChI is InChI=1S/C13H17ClN2O4S/c1-5-20-13(17)9-6-7-11(21(4,18)19)10(12(9)14)8-15-16(2)3/h6-8H,5H2,1-4H3. The number of esters is 1. The van der Waals surface area contributed by atoms with Gasteiger partial charge in [0.25, 0.3) is 0 Å². The first-order valence-electron chi connectivity index (χ1n) is 6.09. The maximum absolute atomic E-state index is 11.8. The van der Waals surface area contributed by atoms with E-state index in [0.29, 0.717) is 0 Å². The van der Waals surface area contributed by atoms with Crippen molar-refractivity contribution in [2.45, 2.75) is 11.8 Å². The molecule has 0 unspecified atom stereocenters. The number of carbonyl (C=O) groups is 1. The number of rotatable bonds is 5. The van der Waals surface area contributed by atoms with Crippen LogP contribution in [0.1, 0.15) is 22.8 Å². The van der Waals surface area contributed by atoms with Crippen molar-refractivity contribution in [1.82, 2.24) is 5.01 Å². The minimum Gasteiger partial charge on any atom is -0.462 e. The summed E-state index contributed by atoms with van der Waals surface area (Å²) in [6.45, 7) is 1.87. The molecule has 0 bridgehead atoms. The van der Waals surface area contributed by atoms with Gasteiger partial charge in [-0.25, -0.2) is 13.2 Å². The molecule has 8 heteroatoms. The molecule has 0 aliphatic carbocycles. The van der Waals surface area contributed by atoms with Crippen LogP contribution in [-0.4, -0.2) is 52.6 Å². The molecule has 0 N–H and O–H groups in total. The minimum atomic E-state index is -3.50. The first kappa shape index (κ1) is 17.5. The Bertz CT molecular complexity index is 669. The second-order valence-corrected chi connectivity index (χ2v) is 6.79. The summed E-state index contributed by atoms with van der Waals surface area (Å²) in [6, 6.07) is 2.66. The highest BCUT2D eigenvalue weighted by Gasteiger charge is 2.21. The van der Waals surface area contributed by atoms with Gasteiger partial charge in [0.15, 0.2) is 9.84 Å². The molecule has 21 heavy (non-hydrogen) atoms. The van der Waals surface area contributed by atoms with Crippen LogP contribution < -0.4 is 0 Å². The third kappa shape index (κ3) is 4.44. The molecule has 0 heterocycles. The quantitative estimate of drug-likeness (QED) is 0.467. The third-order valence-electron chi connectivity index (χ3n) is 2.45. The van der Waals surface area contributed by atoms with Crippen LogP contribution in [-0.2, 0) is 14.6 Å². The van der Waals surface area contributed by atoms with Gasteiger partial charge in [0.2, 0.25) is 0 Å². The molecule has 1 aromatic rings. The van der Waals surface area contributed by atoms with E-state index < -0.39 is 15.8 Å². The lowest BCUT2D eigenvalue weighted by molar-refractivity contribution is 0.0526. The van der Waals surface area contributed by atoms with Crippen LogP contribution in [0.5, 0.6) is 0 Å². The number of hydrogen-bond donors (Lipinski definition) is 0. The molecule has 0 saturated heterocycles. The van der Waals surface area contributed by atoms with E-state index in [9.17, 15) is 13.2 Å². The molecule has 0 saturated carbocycles. The molecule has 6 nitrogen and oxygen atoms in total. The van der Waals surface area contributed by atoms with Gasteiger partial charge in [-0.15, -0.1) is 0 Å². The maximum atomic E-state index is 11.8. The van der Waals surface area contributed by atoms with E-state index >= 15 is 0 Å². The van der Waals surface area contributed by atoms with Crippen LogP contribution in [0.25, 0.3) is 0 Å². The van der Waals surface area contributed by atoms with Crippen LogP contribution in [0.4, 0.5) is 0 Å². The van der Waals surface area contributed by atoms with Gasteiger partial charge < -0.3 is 9.75 Å². The summed E-state index contributed by atoms with van der Waals surface area (Å²) in [4.78, 5) is 11.8. The molecular formula is C13H17ClN2O4S. The van der Waals surface area contributed by atoms with Gasteiger partial charge in [-0.1, -0.05) is 11.6 Å². The summed E-state index contributed by atoms with van der Waals surface area (Å²) >= 11 is 6.16. The molecule has 0 aliphatic rings. The zero-order valence-electron chi connectivity index (χ0n) is 12.3. The lowest BCUT2D eigenvalue weighted by Crippen LogP contribution is -2.11. The first-order chi connectivity index (χ1) is 9.68. The molecule has 1 aromatic carbocycles. The summed E-state index contributed by atoms with van der Waals surface area (Å²) in [5.74, 6) is -0.609. The lowest BCUT2D eigenvalue weighted by Gasteiger charge is -2.11. The Balaban J connectivity index is 3.52. The smallest absolute Gasteiger partial charge is 0.339 e. The third-order valence-corrected chi connectivity index (χ3v) is 4.01. The fourth-order valence-corrected chi connectivity index (χ4v) is 2.77. The van der Waals surface area contributed by atoms with Gasteiger partial charge in [0.05, 0.1) is 28.3 Å². The van der Waals surface area contributed by atoms with Crippen LogP contribution in [0.3, 0.4) is 0 Å². The largest absolute Gasteiger partial charge is 0.462 e. The van der Waals surface area contributed by atoms with Crippen molar-refractivity contribution >= 4 is 33.6 Å². The predicted octanol–water partition coefficient (Wildman–Crippen LogP) is 1.82. The van der Waals surface area contributed by atoms with Crippen molar-refractivity contribution in [2.24, 2.45) is 5.10 Å². The van der Waals surface area contributed by atoms with E-state index in [2.05, 4.69) is 5.10 Å². The summed E-state index contributed by atoms with van der Waals surface area (Å²) < 4.78 is 28.5. The first-order valence-corrected chi connectivity index (χ1v) is 8.36. The van der Waals surface area contributed by atoms with E-state index in [1.807, 2.05) is 0 Å². The van der Waals surface area contributed by atoms with Gasteiger partial charge in [-0.05, 0) is 19.1 Å². The van der Waals surface area contributed by atoms with Crippen LogP contribution in [0, 0.1) is 0 Å². The van der Waals surface area contributed by atoms with Crippen molar-refractivity contribution < 1.29 is 17.9 Å². The predicted molar refractivity (Wildman–Crippen MR) is 81.8 cm³/mol. The van der Waals surface area contributed by atoms with Crippen molar-refractivity contribution in [2.75, 3.05) is 27.0 Å². The number of ether oxygens (including phenoxy) is 1. The Kier molecular flexibility index (Phi) is 5.74. The highest BCUT2D eigenvalue weighted by atomic mass is 35.5. The zero-order chi connectivity index (χ0) is 16.2. The molecule has 1 rings (SSSR count). The van der Waals surface area contributed by atoms with Gasteiger partial charge in [-0.2, -0.15) is 5.10 Å². The van der Waals surface area contributed by atoms with Gasteiger partial charge >= 0.3 is 5.97 Å². The van der Waals surface area contributed by atoms with E-state index in [0.717, 1.165) is 6.26 Å². The normalized spacial score (nSPS) is 11.7. The van der Waals surface area contributed by atoms with Crippen molar-refractivity contribution in [3.05, 3.63) is 28.3 Å². The van der Waals surface area contributed by atoms with Crippen molar-refractivity contribution in [1.29, 1.82) is 0 Å². The number of halogens is 1. The van der Waals surface area contributed by atoms with Crippen molar-refractivity contribution in [3.8, 4) is 0 Å². The van der Waals surface area contributed by atoms with Gasteiger partial charge in [0.1, 0.15) is 0 Å². The molecule has 0 atom stereocenters. The number of sulfone groups is 1. The monoisotopic (exact) mass is 332 g/mol. The van der Waals surface area contributed by atoms with E-state index in [1.54, 1.807) is 21.0 Å². The van der Waals surface area contributed by atoms with E-state index in [4.69, 9.17) is 16.3 Å². The Morgan fingerprint density at radius 1 is 1.43 bits per heavy atom. The topological polar surface area (TPSA) is 76.0 Å². The molecule has 0 spiro atoms. The number of benzene rings is 1. The Morgan fingerprint density at radius 3 is 2.52 bits per heavy atom. The fraction of sp³-hybridized carbons (Fsp3) is 0.385. The average molecular weight is 333 g/mol. The second kappa shape index (κ2) is 6.91. The molecule has 116 valence electrons. The number of hydrazone groups is 1. The number of hydrogen-bond acceptors (Lipinski definition) is 6. The maximum Gasteiger partial charge on any atom is 0.339 e. The van der Waals surface area contributed by atoms with Gasteiger partial charge in [-0.3, -0.25) is 0 Å². The lowest BCUT2D eigenvalue weighted by atomic mass is 10.1. The summed E-state index contributed by atoms with van der Waals surface area (Å²) in [7, 11) is -0.144.